The maximum atomic E-state index is 13.5. The smallest absolute Gasteiger partial charge is 0.147 e. The van der Waals surface area contributed by atoms with Gasteiger partial charge in [0.05, 0.1) is 12.3 Å². The Morgan fingerprint density at radius 3 is 2.94 bits per heavy atom. The lowest BCUT2D eigenvalue weighted by Gasteiger charge is -2.31. The number of hydrogen-bond donors (Lipinski definition) is 1. The number of halogens is 1. The third-order valence-electron chi connectivity index (χ3n) is 2.67. The quantitative estimate of drug-likeness (QED) is 0.884. The Hall–Kier alpha value is -0.260. The first-order valence-electron chi connectivity index (χ1n) is 5.21. The molecule has 1 aromatic rings. The molecule has 88 valence electrons. The summed E-state index contributed by atoms with van der Waals surface area (Å²) in [5.41, 5.74) is 0.363. The standard InChI is InChI=1S/C11H14FNOS2/c1-7-11(16-5-4-15-7)10(14)8-2-3-13-6-9(8)12/h2-3,6-7,10-11,14H,4-5H2,1H3. The van der Waals surface area contributed by atoms with Crippen LogP contribution in [0.4, 0.5) is 4.39 Å². The summed E-state index contributed by atoms with van der Waals surface area (Å²) in [7, 11) is 0. The van der Waals surface area contributed by atoms with Crippen LogP contribution >= 0.6 is 23.5 Å². The van der Waals surface area contributed by atoms with Crippen LogP contribution in [-0.2, 0) is 0 Å². The van der Waals surface area contributed by atoms with Gasteiger partial charge in [-0.05, 0) is 6.07 Å². The molecule has 16 heavy (non-hydrogen) atoms. The van der Waals surface area contributed by atoms with Gasteiger partial charge >= 0.3 is 0 Å². The molecule has 1 fully saturated rings. The van der Waals surface area contributed by atoms with Gasteiger partial charge in [-0.15, -0.1) is 0 Å². The number of aromatic nitrogens is 1. The highest BCUT2D eigenvalue weighted by Crippen LogP contribution is 2.38. The van der Waals surface area contributed by atoms with Crippen LogP contribution in [0.25, 0.3) is 0 Å². The summed E-state index contributed by atoms with van der Waals surface area (Å²) < 4.78 is 13.5. The lowest BCUT2D eigenvalue weighted by Crippen LogP contribution is -2.29. The third kappa shape index (κ3) is 2.52. The van der Waals surface area contributed by atoms with Crippen LogP contribution in [0, 0.1) is 5.82 Å². The Kier molecular flexibility index (Phi) is 4.10. The summed E-state index contributed by atoms with van der Waals surface area (Å²) in [4.78, 5) is 3.69. The van der Waals surface area contributed by atoms with Crippen LogP contribution in [0.2, 0.25) is 0 Å². The lowest BCUT2D eigenvalue weighted by atomic mass is 10.1. The summed E-state index contributed by atoms with van der Waals surface area (Å²) in [6.45, 7) is 2.09. The van der Waals surface area contributed by atoms with E-state index in [9.17, 15) is 9.50 Å². The van der Waals surface area contributed by atoms with Gasteiger partial charge in [-0.3, -0.25) is 4.98 Å². The average Bonchev–Trinajstić information content (AvgIpc) is 2.29. The maximum absolute atomic E-state index is 13.5. The predicted molar refractivity (Wildman–Crippen MR) is 67.3 cm³/mol. The first-order chi connectivity index (χ1) is 7.70. The number of pyridine rings is 1. The molecule has 0 spiro atoms. The molecular weight excluding hydrogens is 245 g/mol. The van der Waals surface area contributed by atoms with Gasteiger partial charge in [0, 0.05) is 33.8 Å². The number of nitrogens with zero attached hydrogens (tertiary/aromatic N) is 1. The topological polar surface area (TPSA) is 33.1 Å². The van der Waals surface area contributed by atoms with Gasteiger partial charge in [0.15, 0.2) is 0 Å². The minimum atomic E-state index is -0.740. The maximum Gasteiger partial charge on any atom is 0.147 e. The zero-order chi connectivity index (χ0) is 11.5. The first-order valence-corrected chi connectivity index (χ1v) is 7.30. The van der Waals surface area contributed by atoms with Crippen LogP contribution in [0.3, 0.4) is 0 Å². The molecule has 1 N–H and O–H groups in total. The van der Waals surface area contributed by atoms with E-state index in [4.69, 9.17) is 0 Å². The molecule has 3 unspecified atom stereocenters. The van der Waals surface area contributed by atoms with E-state index in [0.717, 1.165) is 17.7 Å². The highest BCUT2D eigenvalue weighted by atomic mass is 32.2. The molecule has 5 heteroatoms. The SMILES string of the molecule is CC1SCCSC1C(O)c1ccncc1F. The van der Waals surface area contributed by atoms with E-state index in [2.05, 4.69) is 11.9 Å². The molecule has 0 aromatic carbocycles. The van der Waals surface area contributed by atoms with Gasteiger partial charge in [-0.25, -0.2) is 4.39 Å². The van der Waals surface area contributed by atoms with E-state index in [0.29, 0.717) is 10.8 Å². The van der Waals surface area contributed by atoms with Gasteiger partial charge < -0.3 is 5.11 Å². The second-order valence-corrected chi connectivity index (χ2v) is 6.52. The van der Waals surface area contributed by atoms with Crippen LogP contribution in [-0.4, -0.2) is 32.1 Å². The van der Waals surface area contributed by atoms with Crippen molar-refractivity contribution in [3.05, 3.63) is 29.8 Å². The molecule has 3 atom stereocenters. The van der Waals surface area contributed by atoms with Crippen molar-refractivity contribution in [2.24, 2.45) is 0 Å². The number of aliphatic hydroxyl groups is 1. The second-order valence-electron chi connectivity index (χ2n) is 3.75. The van der Waals surface area contributed by atoms with Crippen molar-refractivity contribution in [1.82, 2.24) is 4.98 Å². The molecular formula is C11H14FNOS2. The van der Waals surface area contributed by atoms with Gasteiger partial charge in [-0.2, -0.15) is 23.5 Å². The van der Waals surface area contributed by atoms with Crippen molar-refractivity contribution in [3.8, 4) is 0 Å². The minimum Gasteiger partial charge on any atom is -0.387 e. The van der Waals surface area contributed by atoms with E-state index < -0.39 is 11.9 Å². The Morgan fingerprint density at radius 1 is 1.50 bits per heavy atom. The van der Waals surface area contributed by atoms with Crippen molar-refractivity contribution in [2.75, 3.05) is 11.5 Å². The fourth-order valence-corrected chi connectivity index (χ4v) is 4.62. The Morgan fingerprint density at radius 2 is 2.25 bits per heavy atom. The summed E-state index contributed by atoms with van der Waals surface area (Å²) in [6, 6.07) is 1.56. The fourth-order valence-electron chi connectivity index (χ4n) is 1.80. The molecule has 0 radical (unpaired) electrons. The molecule has 1 saturated heterocycles. The zero-order valence-electron chi connectivity index (χ0n) is 8.97. The summed E-state index contributed by atoms with van der Waals surface area (Å²) in [6.07, 6.45) is 1.94. The van der Waals surface area contributed by atoms with Crippen molar-refractivity contribution in [3.63, 3.8) is 0 Å². The van der Waals surface area contributed by atoms with Crippen LogP contribution in [0.5, 0.6) is 0 Å². The summed E-state index contributed by atoms with van der Waals surface area (Å²) in [5.74, 6) is 1.70. The summed E-state index contributed by atoms with van der Waals surface area (Å²) in [5, 5.41) is 10.6. The fraction of sp³-hybridized carbons (Fsp3) is 0.545. The van der Waals surface area contributed by atoms with Gasteiger partial charge in [0.1, 0.15) is 5.82 Å². The average molecular weight is 259 g/mol. The van der Waals surface area contributed by atoms with Gasteiger partial charge in [0.25, 0.3) is 0 Å². The molecule has 1 aliphatic heterocycles. The molecule has 0 saturated carbocycles. The number of thioether (sulfide) groups is 2. The van der Waals surface area contributed by atoms with E-state index in [1.807, 2.05) is 11.8 Å². The number of hydrogen-bond acceptors (Lipinski definition) is 4. The molecule has 2 nitrogen and oxygen atoms in total. The molecule has 0 amide bonds. The molecule has 2 rings (SSSR count). The minimum absolute atomic E-state index is 0.0654. The van der Waals surface area contributed by atoms with Crippen molar-refractivity contribution < 1.29 is 9.50 Å². The largest absolute Gasteiger partial charge is 0.387 e. The molecule has 2 heterocycles. The van der Waals surface area contributed by atoms with Crippen LogP contribution in [0.15, 0.2) is 18.5 Å². The third-order valence-corrected chi connectivity index (χ3v) is 5.85. The Labute approximate surface area is 103 Å². The van der Waals surface area contributed by atoms with Crippen molar-refractivity contribution >= 4 is 23.5 Å². The zero-order valence-corrected chi connectivity index (χ0v) is 10.6. The van der Waals surface area contributed by atoms with E-state index in [-0.39, 0.29) is 5.25 Å². The van der Waals surface area contributed by atoms with Gasteiger partial charge in [0.2, 0.25) is 0 Å². The van der Waals surface area contributed by atoms with Crippen LogP contribution in [0.1, 0.15) is 18.6 Å². The predicted octanol–water partition coefficient (Wildman–Crippen LogP) is 2.49. The first kappa shape index (κ1) is 12.2. The molecule has 0 bridgehead atoms. The Bertz CT molecular complexity index is 364. The van der Waals surface area contributed by atoms with Crippen molar-refractivity contribution in [2.45, 2.75) is 23.5 Å². The lowest BCUT2D eigenvalue weighted by molar-refractivity contribution is 0.169. The summed E-state index contributed by atoms with van der Waals surface area (Å²) >= 11 is 3.56. The number of rotatable bonds is 2. The van der Waals surface area contributed by atoms with E-state index in [1.54, 1.807) is 17.8 Å². The molecule has 1 aromatic heterocycles. The van der Waals surface area contributed by atoms with E-state index in [1.165, 1.54) is 6.20 Å². The highest BCUT2D eigenvalue weighted by molar-refractivity contribution is 8.07. The molecule has 1 aliphatic rings. The Balaban J connectivity index is 2.17. The van der Waals surface area contributed by atoms with Crippen LogP contribution < -0.4 is 0 Å². The second kappa shape index (κ2) is 5.38. The van der Waals surface area contributed by atoms with Gasteiger partial charge in [-0.1, -0.05) is 6.92 Å². The highest BCUT2D eigenvalue weighted by Gasteiger charge is 2.31. The normalized spacial score (nSPS) is 27.7. The monoisotopic (exact) mass is 259 g/mol. The van der Waals surface area contributed by atoms with E-state index >= 15 is 0 Å². The molecule has 0 aliphatic carbocycles. The number of aliphatic hydroxyl groups excluding tert-OH is 1. The van der Waals surface area contributed by atoms with Crippen molar-refractivity contribution in [1.29, 1.82) is 0 Å².